The highest BCUT2D eigenvalue weighted by Gasteiger charge is 2.13. The van der Waals surface area contributed by atoms with E-state index in [-0.39, 0.29) is 0 Å². The molecule has 1 fully saturated rings. The van der Waals surface area contributed by atoms with Gasteiger partial charge in [-0.05, 0) is 12.0 Å². The Kier molecular flexibility index (Phi) is 2.39. The summed E-state index contributed by atoms with van der Waals surface area (Å²) in [7, 11) is 0. The van der Waals surface area contributed by atoms with Gasteiger partial charge in [0.05, 0.1) is 6.61 Å². The van der Waals surface area contributed by atoms with E-state index in [9.17, 15) is 0 Å². The van der Waals surface area contributed by atoms with E-state index >= 15 is 0 Å². The molecule has 1 saturated heterocycles. The lowest BCUT2D eigenvalue weighted by Gasteiger charge is -2.23. The molecule has 1 aromatic rings. The summed E-state index contributed by atoms with van der Waals surface area (Å²) in [4.78, 5) is 0. The number of benzene rings is 1. The van der Waals surface area contributed by atoms with Gasteiger partial charge in [-0.3, -0.25) is 5.32 Å². The molecule has 12 heavy (non-hydrogen) atoms. The van der Waals surface area contributed by atoms with Crippen LogP contribution in [0.1, 0.15) is 18.0 Å². The van der Waals surface area contributed by atoms with Crippen LogP contribution in [0.4, 0.5) is 0 Å². The minimum Gasteiger partial charge on any atom is -0.359 e. The molecule has 0 amide bonds. The maximum absolute atomic E-state index is 5.09. The van der Waals surface area contributed by atoms with Crippen LogP contribution in [0.5, 0.6) is 0 Å². The molecule has 1 aliphatic rings. The molecule has 0 aromatic heterocycles. The molecule has 2 heteroatoms. The molecule has 1 radical (unpaired) electrons. The highest BCUT2D eigenvalue weighted by molar-refractivity contribution is 5.19. The van der Waals surface area contributed by atoms with E-state index in [0.29, 0.717) is 6.04 Å². The lowest BCUT2D eigenvalue weighted by Crippen LogP contribution is -2.26. The van der Waals surface area contributed by atoms with Crippen LogP contribution in [0.25, 0.3) is 0 Å². The number of rotatable bonds is 1. The standard InChI is InChI=1S/C10H12NO/c1-2-4-9(5-3-1)10-6-7-12-8-11-10/h1-5,8,10-11H,6-7H2. The van der Waals surface area contributed by atoms with E-state index in [0.717, 1.165) is 13.0 Å². The Bertz CT molecular complexity index is 229. The van der Waals surface area contributed by atoms with Crippen LogP contribution in [0.2, 0.25) is 0 Å². The van der Waals surface area contributed by atoms with Gasteiger partial charge in [-0.25, -0.2) is 0 Å². The minimum atomic E-state index is 0.431. The average Bonchev–Trinajstić information content (AvgIpc) is 2.21. The summed E-state index contributed by atoms with van der Waals surface area (Å²) < 4.78 is 5.09. The maximum atomic E-state index is 5.09. The quantitative estimate of drug-likeness (QED) is 0.680. The first kappa shape index (κ1) is 7.77. The van der Waals surface area contributed by atoms with Crippen molar-refractivity contribution < 1.29 is 4.74 Å². The Morgan fingerprint density at radius 3 is 2.75 bits per heavy atom. The van der Waals surface area contributed by atoms with Crippen LogP contribution in [-0.4, -0.2) is 6.61 Å². The molecular weight excluding hydrogens is 150 g/mol. The van der Waals surface area contributed by atoms with Gasteiger partial charge in [0.15, 0.2) is 0 Å². The van der Waals surface area contributed by atoms with Gasteiger partial charge in [-0.15, -0.1) is 0 Å². The second kappa shape index (κ2) is 3.70. The number of ether oxygens (including phenoxy) is 1. The summed E-state index contributed by atoms with van der Waals surface area (Å²) in [5, 5.41) is 3.19. The summed E-state index contributed by atoms with van der Waals surface area (Å²) in [6.45, 7) is 2.49. The molecule has 1 heterocycles. The molecular formula is C10H12NO. The number of hydrogen-bond donors (Lipinski definition) is 1. The van der Waals surface area contributed by atoms with Crippen LogP contribution in [0, 0.1) is 6.73 Å². The molecule has 1 aliphatic heterocycles. The first-order valence-electron chi connectivity index (χ1n) is 4.21. The lowest BCUT2D eigenvalue weighted by molar-refractivity contribution is 0.121. The Balaban J connectivity index is 2.08. The summed E-state index contributed by atoms with van der Waals surface area (Å²) in [5.74, 6) is 0. The normalized spacial score (nSPS) is 23.8. The van der Waals surface area contributed by atoms with Crippen molar-refractivity contribution in [1.82, 2.24) is 5.32 Å². The lowest BCUT2D eigenvalue weighted by atomic mass is 10.0. The smallest absolute Gasteiger partial charge is 0.148 e. The molecule has 2 nitrogen and oxygen atoms in total. The Hall–Kier alpha value is -0.860. The molecule has 1 N–H and O–H groups in total. The van der Waals surface area contributed by atoms with Crippen molar-refractivity contribution in [2.45, 2.75) is 12.5 Å². The third kappa shape index (κ3) is 1.65. The van der Waals surface area contributed by atoms with Gasteiger partial charge in [-0.1, -0.05) is 30.3 Å². The van der Waals surface area contributed by atoms with Crippen LogP contribution >= 0.6 is 0 Å². The van der Waals surface area contributed by atoms with Gasteiger partial charge in [0.25, 0.3) is 0 Å². The SMILES string of the molecule is [CH]1NC(c2ccccc2)CCO1. The fourth-order valence-electron chi connectivity index (χ4n) is 1.41. The molecule has 0 bridgehead atoms. The van der Waals surface area contributed by atoms with Crippen LogP contribution in [0.15, 0.2) is 30.3 Å². The molecule has 1 unspecified atom stereocenters. The van der Waals surface area contributed by atoms with E-state index in [1.165, 1.54) is 5.56 Å². The van der Waals surface area contributed by atoms with Gasteiger partial charge < -0.3 is 4.74 Å². The highest BCUT2D eigenvalue weighted by atomic mass is 16.5. The van der Waals surface area contributed by atoms with Gasteiger partial charge in [0, 0.05) is 6.04 Å². The predicted octanol–water partition coefficient (Wildman–Crippen LogP) is 1.86. The zero-order chi connectivity index (χ0) is 8.23. The van der Waals surface area contributed by atoms with Crippen molar-refractivity contribution in [2.75, 3.05) is 6.61 Å². The summed E-state index contributed by atoms with van der Waals surface area (Å²) in [5.41, 5.74) is 1.33. The summed E-state index contributed by atoms with van der Waals surface area (Å²) >= 11 is 0. The Morgan fingerprint density at radius 2 is 2.08 bits per heavy atom. The number of hydrogen-bond acceptors (Lipinski definition) is 2. The monoisotopic (exact) mass is 162 g/mol. The van der Waals surface area contributed by atoms with Gasteiger partial charge in [-0.2, -0.15) is 0 Å². The molecule has 1 aromatic carbocycles. The van der Waals surface area contributed by atoms with Crippen LogP contribution < -0.4 is 5.32 Å². The van der Waals surface area contributed by atoms with Gasteiger partial charge in [0.1, 0.15) is 6.73 Å². The fraction of sp³-hybridized carbons (Fsp3) is 0.300. The van der Waals surface area contributed by atoms with Crippen molar-refractivity contribution in [3.63, 3.8) is 0 Å². The van der Waals surface area contributed by atoms with Crippen molar-refractivity contribution in [3.8, 4) is 0 Å². The third-order valence-electron chi connectivity index (χ3n) is 2.08. The number of nitrogens with one attached hydrogen (secondary N) is 1. The molecule has 0 saturated carbocycles. The minimum absolute atomic E-state index is 0.431. The second-order valence-electron chi connectivity index (χ2n) is 2.91. The zero-order valence-corrected chi connectivity index (χ0v) is 6.86. The van der Waals surface area contributed by atoms with Crippen molar-refractivity contribution in [1.29, 1.82) is 0 Å². The fourth-order valence-corrected chi connectivity index (χ4v) is 1.41. The van der Waals surface area contributed by atoms with Crippen molar-refractivity contribution >= 4 is 0 Å². The van der Waals surface area contributed by atoms with E-state index < -0.39 is 0 Å². The summed E-state index contributed by atoms with van der Waals surface area (Å²) in [6.07, 6.45) is 1.04. The molecule has 0 aliphatic carbocycles. The second-order valence-corrected chi connectivity index (χ2v) is 2.91. The van der Waals surface area contributed by atoms with Crippen LogP contribution in [-0.2, 0) is 4.74 Å². The average molecular weight is 162 g/mol. The molecule has 63 valence electrons. The first-order valence-corrected chi connectivity index (χ1v) is 4.21. The third-order valence-corrected chi connectivity index (χ3v) is 2.08. The molecule has 2 rings (SSSR count). The summed E-state index contributed by atoms with van der Waals surface area (Å²) in [6, 6.07) is 10.9. The zero-order valence-electron chi connectivity index (χ0n) is 6.86. The first-order chi connectivity index (χ1) is 5.97. The van der Waals surface area contributed by atoms with E-state index in [1.807, 2.05) is 6.07 Å². The van der Waals surface area contributed by atoms with Crippen molar-refractivity contribution in [3.05, 3.63) is 42.6 Å². The largest absolute Gasteiger partial charge is 0.359 e. The van der Waals surface area contributed by atoms with E-state index in [4.69, 9.17) is 4.74 Å². The maximum Gasteiger partial charge on any atom is 0.148 e. The van der Waals surface area contributed by atoms with Crippen LogP contribution in [0.3, 0.4) is 0 Å². The molecule has 1 atom stereocenters. The Labute approximate surface area is 72.5 Å². The molecule has 0 spiro atoms. The van der Waals surface area contributed by atoms with Crippen molar-refractivity contribution in [2.24, 2.45) is 0 Å². The van der Waals surface area contributed by atoms with E-state index in [2.05, 4.69) is 29.6 Å². The van der Waals surface area contributed by atoms with Gasteiger partial charge in [0.2, 0.25) is 0 Å². The topological polar surface area (TPSA) is 21.3 Å². The van der Waals surface area contributed by atoms with Gasteiger partial charge >= 0.3 is 0 Å². The van der Waals surface area contributed by atoms with E-state index in [1.54, 1.807) is 6.73 Å². The predicted molar refractivity (Wildman–Crippen MR) is 47.2 cm³/mol. The Morgan fingerprint density at radius 1 is 1.25 bits per heavy atom. The highest BCUT2D eigenvalue weighted by Crippen LogP contribution is 2.19.